The molecule has 38 heavy (non-hydrogen) atoms. The van der Waals surface area contributed by atoms with Gasteiger partial charge in [0.1, 0.15) is 11.8 Å². The summed E-state index contributed by atoms with van der Waals surface area (Å²) in [6.45, 7) is 2.50. The molecule has 0 saturated carbocycles. The monoisotopic (exact) mass is 531 g/mol. The number of amides is 2. The maximum absolute atomic E-state index is 13.6. The van der Waals surface area contributed by atoms with Crippen molar-refractivity contribution in [2.24, 2.45) is 0 Å². The van der Waals surface area contributed by atoms with Gasteiger partial charge in [-0.1, -0.05) is 30.3 Å². The first kappa shape index (κ1) is 26.8. The van der Waals surface area contributed by atoms with Crippen molar-refractivity contribution in [3.05, 3.63) is 90.0 Å². The molecule has 3 aromatic carbocycles. The molecule has 0 radical (unpaired) electrons. The second kappa shape index (κ2) is 12.3. The summed E-state index contributed by atoms with van der Waals surface area (Å²) in [7, 11) is 1.57. The summed E-state index contributed by atoms with van der Waals surface area (Å²) in [5.74, 6) is -0.363. The number of nitrogens with one attached hydrogen (secondary N) is 1. The molecule has 0 bridgehead atoms. The first-order valence-corrected chi connectivity index (χ1v) is 12.7. The smallest absolute Gasteiger partial charge is 0.338 e. The third-order valence-electron chi connectivity index (χ3n) is 6.19. The largest absolute Gasteiger partial charge is 0.497 e. The number of rotatable bonds is 10. The maximum Gasteiger partial charge on any atom is 0.338 e. The van der Waals surface area contributed by atoms with Gasteiger partial charge in [-0.05, 0) is 79.7 Å². The average Bonchev–Trinajstić information content (AvgIpc) is 3.16. The second-order valence-electron chi connectivity index (χ2n) is 8.65. The minimum Gasteiger partial charge on any atom is -0.497 e. The van der Waals surface area contributed by atoms with E-state index in [2.05, 4.69) is 5.32 Å². The zero-order valence-electron chi connectivity index (χ0n) is 21.3. The molecular weight excluding hydrogens is 502 g/mol. The van der Waals surface area contributed by atoms with Crippen molar-refractivity contribution in [2.75, 3.05) is 30.5 Å². The molecular formula is C29H29N3O5S. The fourth-order valence-electron chi connectivity index (χ4n) is 4.24. The van der Waals surface area contributed by atoms with E-state index >= 15 is 0 Å². The highest BCUT2D eigenvalue weighted by molar-refractivity contribution is 7.80. The second-order valence-corrected chi connectivity index (χ2v) is 9.01. The quantitative estimate of drug-likeness (QED) is 0.306. The van der Waals surface area contributed by atoms with Crippen LogP contribution in [0.15, 0.2) is 78.9 Å². The molecule has 0 spiro atoms. The number of benzene rings is 3. The van der Waals surface area contributed by atoms with Crippen LogP contribution in [0.5, 0.6) is 5.75 Å². The molecule has 9 heteroatoms. The Kier molecular flexibility index (Phi) is 8.70. The lowest BCUT2D eigenvalue weighted by atomic mass is 10.1. The Labute approximate surface area is 227 Å². The molecule has 1 saturated heterocycles. The van der Waals surface area contributed by atoms with Crippen LogP contribution in [0.3, 0.4) is 0 Å². The predicted molar refractivity (Wildman–Crippen MR) is 149 cm³/mol. The van der Waals surface area contributed by atoms with Crippen LogP contribution >= 0.6 is 12.2 Å². The van der Waals surface area contributed by atoms with Crippen LogP contribution in [0.25, 0.3) is 0 Å². The third kappa shape index (κ3) is 6.18. The van der Waals surface area contributed by atoms with E-state index in [0.29, 0.717) is 40.8 Å². The van der Waals surface area contributed by atoms with E-state index in [1.165, 1.54) is 4.90 Å². The van der Waals surface area contributed by atoms with E-state index in [0.717, 1.165) is 5.56 Å². The number of hydrogen-bond acceptors (Lipinski definition) is 6. The Morgan fingerprint density at radius 3 is 2.29 bits per heavy atom. The van der Waals surface area contributed by atoms with Crippen LogP contribution in [0, 0.1) is 0 Å². The van der Waals surface area contributed by atoms with Crippen LogP contribution < -0.4 is 15.0 Å². The van der Waals surface area contributed by atoms with Gasteiger partial charge in [0.25, 0.3) is 5.91 Å². The number of ether oxygens (including phenoxy) is 2. The van der Waals surface area contributed by atoms with Crippen molar-refractivity contribution < 1.29 is 23.9 Å². The fourth-order valence-corrected chi connectivity index (χ4v) is 4.66. The molecule has 1 heterocycles. The van der Waals surface area contributed by atoms with Crippen LogP contribution in [0.4, 0.5) is 11.4 Å². The van der Waals surface area contributed by atoms with Crippen LogP contribution in [-0.4, -0.2) is 54.1 Å². The van der Waals surface area contributed by atoms with Gasteiger partial charge in [-0.2, -0.15) is 0 Å². The molecule has 1 aliphatic rings. The van der Waals surface area contributed by atoms with Crippen molar-refractivity contribution in [3.8, 4) is 5.75 Å². The Morgan fingerprint density at radius 1 is 0.974 bits per heavy atom. The van der Waals surface area contributed by atoms with E-state index < -0.39 is 12.0 Å². The number of hydrogen-bond donors (Lipinski definition) is 1. The van der Waals surface area contributed by atoms with Crippen molar-refractivity contribution in [1.82, 2.24) is 4.90 Å². The summed E-state index contributed by atoms with van der Waals surface area (Å²) in [5, 5.41) is 3.17. The van der Waals surface area contributed by atoms with Gasteiger partial charge in [0, 0.05) is 12.2 Å². The minimum atomic E-state index is -0.757. The van der Waals surface area contributed by atoms with Gasteiger partial charge in [0.15, 0.2) is 5.11 Å². The number of thiocarbonyl (C=S) groups is 1. The van der Waals surface area contributed by atoms with Gasteiger partial charge in [0.2, 0.25) is 5.91 Å². The number of nitrogens with zero attached hydrogens (tertiary/aromatic N) is 2. The standard InChI is InChI=1S/C29H29N3O5S/c1-3-37-28(35)21-9-11-22(12-10-21)30-26(33)19-25-27(34)32(23-13-15-24(36-2)16-14-23)29(38)31(25)18-17-20-7-5-4-6-8-20/h4-16,25H,3,17-19H2,1-2H3,(H,30,33)/t25-/m0/s1. The third-order valence-corrected chi connectivity index (χ3v) is 6.61. The summed E-state index contributed by atoms with van der Waals surface area (Å²) >= 11 is 5.74. The number of methoxy groups -OCH3 is 1. The zero-order valence-corrected chi connectivity index (χ0v) is 22.1. The van der Waals surface area contributed by atoms with E-state index in [1.54, 1.807) is 62.6 Å². The van der Waals surface area contributed by atoms with E-state index in [1.807, 2.05) is 35.2 Å². The molecule has 1 aliphatic heterocycles. The molecule has 196 valence electrons. The topological polar surface area (TPSA) is 88.2 Å². The summed E-state index contributed by atoms with van der Waals surface area (Å²) in [4.78, 5) is 41.8. The molecule has 4 rings (SSSR count). The van der Waals surface area contributed by atoms with Gasteiger partial charge in [0.05, 0.1) is 31.4 Å². The Morgan fingerprint density at radius 2 is 1.66 bits per heavy atom. The molecule has 1 N–H and O–H groups in total. The predicted octanol–water partition coefficient (Wildman–Crippen LogP) is 4.45. The lowest BCUT2D eigenvalue weighted by Gasteiger charge is -2.24. The van der Waals surface area contributed by atoms with Crippen molar-refractivity contribution in [2.45, 2.75) is 25.8 Å². The molecule has 8 nitrogen and oxygen atoms in total. The number of anilines is 2. The number of carbonyl (C=O) groups excluding carboxylic acids is 3. The van der Waals surface area contributed by atoms with Crippen molar-refractivity contribution in [1.29, 1.82) is 0 Å². The van der Waals surface area contributed by atoms with Crippen molar-refractivity contribution >= 4 is 46.5 Å². The fraction of sp³-hybridized carbons (Fsp3) is 0.241. The maximum atomic E-state index is 13.6. The number of carbonyl (C=O) groups is 3. The molecule has 1 atom stereocenters. The summed E-state index contributed by atoms with van der Waals surface area (Å²) in [6, 6.07) is 22.6. The lowest BCUT2D eigenvalue weighted by Crippen LogP contribution is -2.39. The highest BCUT2D eigenvalue weighted by Gasteiger charge is 2.43. The molecule has 0 unspecified atom stereocenters. The van der Waals surface area contributed by atoms with Crippen LogP contribution in [0.2, 0.25) is 0 Å². The molecule has 2 amide bonds. The summed E-state index contributed by atoms with van der Waals surface area (Å²) in [5.41, 5.74) is 2.63. The Hall–Kier alpha value is -4.24. The first-order chi connectivity index (χ1) is 18.4. The summed E-state index contributed by atoms with van der Waals surface area (Å²) < 4.78 is 10.2. The average molecular weight is 532 g/mol. The molecule has 0 aliphatic carbocycles. The number of esters is 1. The highest BCUT2D eigenvalue weighted by Crippen LogP contribution is 2.29. The Balaban J connectivity index is 1.51. The van der Waals surface area contributed by atoms with Gasteiger partial charge in [-0.25, -0.2) is 4.79 Å². The van der Waals surface area contributed by atoms with Gasteiger partial charge < -0.3 is 19.7 Å². The lowest BCUT2D eigenvalue weighted by molar-refractivity contribution is -0.124. The zero-order chi connectivity index (χ0) is 27.1. The SMILES string of the molecule is CCOC(=O)c1ccc(NC(=O)C[C@H]2C(=O)N(c3ccc(OC)cc3)C(=S)N2CCc2ccccc2)cc1. The van der Waals surface area contributed by atoms with Crippen LogP contribution in [-0.2, 0) is 20.7 Å². The highest BCUT2D eigenvalue weighted by atomic mass is 32.1. The van der Waals surface area contributed by atoms with E-state index in [-0.39, 0.29) is 24.8 Å². The summed E-state index contributed by atoms with van der Waals surface area (Å²) in [6.07, 6.45) is 0.582. The molecule has 1 fully saturated rings. The van der Waals surface area contributed by atoms with E-state index in [4.69, 9.17) is 21.7 Å². The van der Waals surface area contributed by atoms with Gasteiger partial charge in [-0.3, -0.25) is 14.5 Å². The molecule has 3 aromatic rings. The van der Waals surface area contributed by atoms with Gasteiger partial charge >= 0.3 is 5.97 Å². The van der Waals surface area contributed by atoms with Gasteiger partial charge in [-0.15, -0.1) is 0 Å². The normalized spacial score (nSPS) is 14.9. The van der Waals surface area contributed by atoms with Crippen LogP contribution in [0.1, 0.15) is 29.3 Å². The Bertz CT molecular complexity index is 1300. The van der Waals surface area contributed by atoms with Crippen molar-refractivity contribution in [3.63, 3.8) is 0 Å². The van der Waals surface area contributed by atoms with E-state index in [9.17, 15) is 14.4 Å². The molecule has 0 aromatic heterocycles. The first-order valence-electron chi connectivity index (χ1n) is 12.3. The minimum absolute atomic E-state index is 0.0833.